The fourth-order valence-electron chi connectivity index (χ4n) is 8.85. The quantitative estimate of drug-likeness (QED) is 0.156. The van der Waals surface area contributed by atoms with Crippen molar-refractivity contribution in [1.29, 1.82) is 0 Å². The van der Waals surface area contributed by atoms with Crippen LogP contribution in [0.25, 0.3) is 0 Å². The highest BCUT2D eigenvalue weighted by molar-refractivity contribution is 5.70. The van der Waals surface area contributed by atoms with Crippen molar-refractivity contribution in [2.45, 2.75) is 135 Å². The molecule has 0 aromatic rings. The minimum atomic E-state index is -1.83. The van der Waals surface area contributed by atoms with Gasteiger partial charge in [-0.2, -0.15) is 0 Å². The minimum absolute atomic E-state index is 0.0199. The second kappa shape index (κ2) is 11.0. The van der Waals surface area contributed by atoms with Crippen LogP contribution in [0.1, 0.15) is 112 Å². The minimum Gasteiger partial charge on any atom is -0.458 e. The van der Waals surface area contributed by atoms with Gasteiger partial charge in [-0.3, -0.25) is 4.79 Å². The molecule has 0 aromatic carbocycles. The third-order valence-corrected chi connectivity index (χ3v) is 11.0. The first-order chi connectivity index (χ1) is 17.9. The van der Waals surface area contributed by atoms with Crippen LogP contribution in [0.3, 0.4) is 0 Å². The van der Waals surface area contributed by atoms with E-state index in [9.17, 15) is 25.2 Å². The molecule has 2 fully saturated rings. The van der Waals surface area contributed by atoms with Gasteiger partial charge in [0, 0.05) is 23.2 Å². The summed E-state index contributed by atoms with van der Waals surface area (Å²) < 4.78 is 6.41. The van der Waals surface area contributed by atoms with Crippen LogP contribution in [0.4, 0.5) is 0 Å². The second-order valence-electron chi connectivity index (χ2n) is 13.6. The maximum absolute atomic E-state index is 13.2. The topological polar surface area (TPSA) is 107 Å². The summed E-state index contributed by atoms with van der Waals surface area (Å²) >= 11 is 0. The van der Waals surface area contributed by atoms with Crippen molar-refractivity contribution in [3.05, 3.63) is 23.3 Å². The van der Waals surface area contributed by atoms with E-state index in [0.29, 0.717) is 30.4 Å². The van der Waals surface area contributed by atoms with Gasteiger partial charge in [-0.05, 0) is 49.2 Å². The van der Waals surface area contributed by atoms with Crippen LogP contribution in [-0.2, 0) is 9.53 Å². The molecular weight excluding hydrogens is 480 g/mol. The first-order valence-corrected chi connectivity index (χ1v) is 15.2. The number of rotatable bonds is 12. The fourth-order valence-corrected chi connectivity index (χ4v) is 8.85. The maximum atomic E-state index is 13.2. The van der Waals surface area contributed by atoms with Gasteiger partial charge in [0.2, 0.25) is 0 Å². The van der Waals surface area contributed by atoms with Crippen LogP contribution >= 0.6 is 0 Å². The molecule has 8 atom stereocenters. The summed E-state index contributed by atoms with van der Waals surface area (Å²) in [5.74, 6) is -0.389. The number of aliphatic hydroxyl groups excluding tert-OH is 3. The van der Waals surface area contributed by atoms with Gasteiger partial charge >= 0.3 is 5.97 Å². The highest BCUT2D eigenvalue weighted by Crippen LogP contribution is 2.76. The summed E-state index contributed by atoms with van der Waals surface area (Å²) in [6.07, 6.45) is 13.5. The average Bonchev–Trinajstić information content (AvgIpc) is 3.32. The molecule has 0 saturated heterocycles. The van der Waals surface area contributed by atoms with Crippen molar-refractivity contribution in [3.63, 3.8) is 0 Å². The number of carbonyl (C=O) groups excluding carboxylic acids is 1. The first-order valence-electron chi connectivity index (χ1n) is 15.2. The molecule has 4 rings (SSSR count). The number of carbonyl (C=O) groups is 1. The summed E-state index contributed by atoms with van der Waals surface area (Å²) in [5, 5.41) is 44.6. The van der Waals surface area contributed by atoms with Gasteiger partial charge in [0.05, 0.1) is 6.61 Å². The zero-order valence-electron chi connectivity index (χ0n) is 24.3. The number of hydrogen-bond acceptors (Lipinski definition) is 6. The second-order valence-corrected chi connectivity index (χ2v) is 13.6. The standard InChI is InChI=1S/C32H52O6/c1-6-7-8-9-10-11-12-13-14-15-25(34)38-31-18-22(3)30-17-21(2)27(35)32(30,37)28(36)24(20-33)16-23(19-30)26(31)29(31,4)5/h16-17,22-23,26-28,33,35-37H,6-15,18-20H2,1-5H3. The normalized spacial score (nSPS) is 40.8. The predicted molar refractivity (Wildman–Crippen MR) is 148 cm³/mol. The molecule has 38 heavy (non-hydrogen) atoms. The van der Waals surface area contributed by atoms with Gasteiger partial charge in [0.1, 0.15) is 23.4 Å². The summed E-state index contributed by atoms with van der Waals surface area (Å²) in [6.45, 7) is 9.98. The molecule has 4 aliphatic carbocycles. The van der Waals surface area contributed by atoms with Crippen molar-refractivity contribution < 1.29 is 30.0 Å². The smallest absolute Gasteiger partial charge is 0.306 e. The van der Waals surface area contributed by atoms with Crippen LogP contribution in [0.5, 0.6) is 0 Å². The first kappa shape index (κ1) is 29.8. The zero-order chi connectivity index (χ0) is 27.9. The molecule has 8 unspecified atom stereocenters. The molecule has 4 N–H and O–H groups in total. The Bertz CT molecular complexity index is 938. The van der Waals surface area contributed by atoms with Gasteiger partial charge < -0.3 is 25.2 Å². The monoisotopic (exact) mass is 532 g/mol. The van der Waals surface area contributed by atoms with Crippen molar-refractivity contribution in [2.75, 3.05) is 6.61 Å². The van der Waals surface area contributed by atoms with E-state index >= 15 is 0 Å². The molecule has 0 radical (unpaired) electrons. The number of aliphatic hydroxyl groups is 4. The molecule has 0 aromatic heterocycles. The van der Waals surface area contributed by atoms with Gasteiger partial charge in [-0.15, -0.1) is 0 Å². The molecule has 6 nitrogen and oxygen atoms in total. The van der Waals surface area contributed by atoms with Gasteiger partial charge in [0.15, 0.2) is 0 Å². The van der Waals surface area contributed by atoms with Crippen molar-refractivity contribution in [3.8, 4) is 0 Å². The summed E-state index contributed by atoms with van der Waals surface area (Å²) in [6, 6.07) is 0. The lowest BCUT2D eigenvalue weighted by Crippen LogP contribution is -2.62. The van der Waals surface area contributed by atoms with Crippen molar-refractivity contribution in [1.82, 2.24) is 0 Å². The molecule has 0 amide bonds. The Morgan fingerprint density at radius 1 is 1.00 bits per heavy atom. The van der Waals surface area contributed by atoms with E-state index in [-0.39, 0.29) is 29.1 Å². The average molecular weight is 533 g/mol. The number of fused-ring (bicyclic) bond motifs is 3. The Kier molecular flexibility index (Phi) is 8.61. The number of esters is 1. The molecule has 2 saturated carbocycles. The maximum Gasteiger partial charge on any atom is 0.306 e. The largest absolute Gasteiger partial charge is 0.458 e. The number of ether oxygens (including phenoxy) is 1. The van der Waals surface area contributed by atoms with E-state index in [1.807, 2.05) is 19.1 Å². The van der Waals surface area contributed by atoms with Crippen LogP contribution in [0, 0.1) is 28.6 Å². The predicted octanol–water partition coefficient (Wildman–Crippen LogP) is 5.22. The lowest BCUT2D eigenvalue weighted by atomic mass is 9.59. The van der Waals surface area contributed by atoms with Crippen LogP contribution in [0.15, 0.2) is 23.3 Å². The van der Waals surface area contributed by atoms with Crippen LogP contribution in [0.2, 0.25) is 0 Å². The molecule has 1 spiro atoms. The number of hydrogen-bond donors (Lipinski definition) is 4. The summed E-state index contributed by atoms with van der Waals surface area (Å²) in [7, 11) is 0. The van der Waals surface area contributed by atoms with Crippen LogP contribution < -0.4 is 0 Å². The lowest BCUT2D eigenvalue weighted by Gasteiger charge is -2.50. The van der Waals surface area contributed by atoms with E-state index in [0.717, 1.165) is 19.3 Å². The van der Waals surface area contributed by atoms with E-state index in [2.05, 4.69) is 20.8 Å². The van der Waals surface area contributed by atoms with E-state index in [1.165, 1.54) is 38.5 Å². The highest BCUT2D eigenvalue weighted by Gasteiger charge is 2.80. The lowest BCUT2D eigenvalue weighted by molar-refractivity contribution is -0.189. The van der Waals surface area contributed by atoms with Crippen molar-refractivity contribution >= 4 is 5.97 Å². The van der Waals surface area contributed by atoms with E-state index in [1.54, 1.807) is 6.92 Å². The molecule has 0 aliphatic heterocycles. The molecule has 2 bridgehead atoms. The Balaban J connectivity index is 1.48. The molecule has 4 aliphatic rings. The Labute approximate surface area is 229 Å². The van der Waals surface area contributed by atoms with E-state index < -0.39 is 35.4 Å². The molecule has 216 valence electrons. The highest BCUT2D eigenvalue weighted by atomic mass is 16.6. The van der Waals surface area contributed by atoms with E-state index in [4.69, 9.17) is 4.74 Å². The Hall–Kier alpha value is -1.21. The molecule has 0 heterocycles. The Morgan fingerprint density at radius 2 is 1.61 bits per heavy atom. The summed E-state index contributed by atoms with van der Waals surface area (Å²) in [5.41, 5.74) is -2.65. The van der Waals surface area contributed by atoms with Gasteiger partial charge in [-0.1, -0.05) is 91.2 Å². The zero-order valence-corrected chi connectivity index (χ0v) is 24.3. The Morgan fingerprint density at radius 3 is 2.21 bits per heavy atom. The van der Waals surface area contributed by atoms with Gasteiger partial charge in [0.25, 0.3) is 0 Å². The fraction of sp³-hybridized carbons (Fsp3) is 0.844. The third kappa shape index (κ3) is 4.52. The van der Waals surface area contributed by atoms with Gasteiger partial charge in [-0.25, -0.2) is 0 Å². The summed E-state index contributed by atoms with van der Waals surface area (Å²) in [4.78, 5) is 13.2. The van der Waals surface area contributed by atoms with Crippen LogP contribution in [-0.4, -0.2) is 56.4 Å². The number of allylic oxidation sites excluding steroid dienone is 1. The third-order valence-electron chi connectivity index (χ3n) is 11.0. The SMILES string of the molecule is CCCCCCCCCCCC(=O)OC12CC(C)C34C=C(C)C(O)C3(O)C(O)C(CO)=CC(C4)C1C2(C)C. The molecule has 6 heteroatoms. The van der Waals surface area contributed by atoms with Crippen molar-refractivity contribution in [2.24, 2.45) is 28.6 Å². The number of unbranched alkanes of at least 4 members (excludes halogenated alkanes) is 8. The molecular formula is C32H52O6.